The Morgan fingerprint density at radius 2 is 2.00 bits per heavy atom. The van der Waals surface area contributed by atoms with E-state index in [0.29, 0.717) is 17.9 Å². The quantitative estimate of drug-likeness (QED) is 0.792. The van der Waals surface area contributed by atoms with Gasteiger partial charge in [-0.3, -0.25) is 0 Å². The fraction of sp³-hybridized carbons (Fsp3) is 0.455. The summed E-state index contributed by atoms with van der Waals surface area (Å²) in [5.74, 6) is -0.0435. The molecule has 2 N–H and O–H groups in total. The molecule has 0 aromatic heterocycles. The molecular weight excluding hydrogens is 226 g/mol. The minimum absolute atomic E-state index is 0.0435. The molecule has 1 saturated heterocycles. The van der Waals surface area contributed by atoms with Gasteiger partial charge in [0.25, 0.3) is 0 Å². The van der Waals surface area contributed by atoms with Gasteiger partial charge in [-0.25, -0.2) is 8.42 Å². The molecule has 0 radical (unpaired) electrons. The van der Waals surface area contributed by atoms with E-state index in [0.717, 1.165) is 0 Å². The molecule has 0 aliphatic carbocycles. The SMILES string of the molecule is O=S(=O)(C[C@@H]1NCC[C@H]1O)c1ccccc1. The first-order valence-corrected chi connectivity index (χ1v) is 6.94. The van der Waals surface area contributed by atoms with E-state index in [2.05, 4.69) is 5.32 Å². The van der Waals surface area contributed by atoms with Crippen LogP contribution in [0.4, 0.5) is 0 Å². The van der Waals surface area contributed by atoms with Crippen LogP contribution in [0.2, 0.25) is 0 Å². The first-order chi connectivity index (χ1) is 7.59. The predicted octanol–water partition coefficient (Wildman–Crippen LogP) is 0.183. The Hall–Kier alpha value is -0.910. The molecule has 0 saturated carbocycles. The number of aliphatic hydroxyl groups is 1. The molecule has 2 atom stereocenters. The fourth-order valence-corrected chi connectivity index (χ4v) is 3.46. The normalized spacial score (nSPS) is 25.8. The molecule has 1 aromatic rings. The molecule has 5 heteroatoms. The number of nitrogens with one attached hydrogen (secondary N) is 1. The summed E-state index contributed by atoms with van der Waals surface area (Å²) in [7, 11) is -3.30. The molecule has 1 aliphatic rings. The number of sulfone groups is 1. The second kappa shape index (κ2) is 4.53. The van der Waals surface area contributed by atoms with Crippen LogP contribution in [0.15, 0.2) is 35.2 Å². The molecule has 1 heterocycles. The molecule has 1 fully saturated rings. The summed E-state index contributed by atoms with van der Waals surface area (Å²) in [5.41, 5.74) is 0. The van der Waals surface area contributed by atoms with Crippen molar-refractivity contribution in [1.29, 1.82) is 0 Å². The van der Waals surface area contributed by atoms with Crippen LogP contribution in [0.3, 0.4) is 0 Å². The Morgan fingerprint density at radius 3 is 2.56 bits per heavy atom. The average Bonchev–Trinajstić information content (AvgIpc) is 2.65. The van der Waals surface area contributed by atoms with Gasteiger partial charge in [0.15, 0.2) is 9.84 Å². The number of hydrogen-bond donors (Lipinski definition) is 2. The first-order valence-electron chi connectivity index (χ1n) is 5.29. The van der Waals surface area contributed by atoms with E-state index in [1.165, 1.54) is 0 Å². The third-order valence-electron chi connectivity index (χ3n) is 2.81. The van der Waals surface area contributed by atoms with Crippen LogP contribution in [-0.4, -0.2) is 38.0 Å². The molecule has 88 valence electrons. The zero-order chi connectivity index (χ0) is 11.6. The minimum atomic E-state index is -3.30. The van der Waals surface area contributed by atoms with Crippen molar-refractivity contribution in [3.63, 3.8) is 0 Å². The van der Waals surface area contributed by atoms with Gasteiger partial charge in [0.2, 0.25) is 0 Å². The van der Waals surface area contributed by atoms with Gasteiger partial charge in [-0.05, 0) is 25.1 Å². The third kappa shape index (κ3) is 2.42. The van der Waals surface area contributed by atoms with Crippen LogP contribution in [-0.2, 0) is 9.84 Å². The standard InChI is InChI=1S/C11H15NO3S/c13-11-6-7-12-10(11)8-16(14,15)9-4-2-1-3-5-9/h1-5,10-13H,6-8H2/t10-,11+/m0/s1. The number of rotatable bonds is 3. The maximum absolute atomic E-state index is 12.0. The van der Waals surface area contributed by atoms with Gasteiger partial charge in [-0.1, -0.05) is 18.2 Å². The van der Waals surface area contributed by atoms with Crippen molar-refractivity contribution in [2.75, 3.05) is 12.3 Å². The summed E-state index contributed by atoms with van der Waals surface area (Å²) in [6, 6.07) is 8.00. The molecule has 16 heavy (non-hydrogen) atoms. The molecule has 0 spiro atoms. The Kier molecular flexibility index (Phi) is 3.28. The maximum Gasteiger partial charge on any atom is 0.180 e. The monoisotopic (exact) mass is 241 g/mol. The Bertz CT molecular complexity index is 444. The fourth-order valence-electron chi connectivity index (χ4n) is 1.88. The Morgan fingerprint density at radius 1 is 1.31 bits per heavy atom. The van der Waals surface area contributed by atoms with Crippen molar-refractivity contribution in [1.82, 2.24) is 5.32 Å². The number of hydrogen-bond acceptors (Lipinski definition) is 4. The predicted molar refractivity (Wildman–Crippen MR) is 60.9 cm³/mol. The maximum atomic E-state index is 12.0. The molecular formula is C11H15NO3S. The first kappa shape index (κ1) is 11.6. The van der Waals surface area contributed by atoms with E-state index in [4.69, 9.17) is 0 Å². The minimum Gasteiger partial charge on any atom is -0.391 e. The molecule has 0 unspecified atom stereocenters. The van der Waals surface area contributed by atoms with Crippen molar-refractivity contribution < 1.29 is 13.5 Å². The van der Waals surface area contributed by atoms with Crippen molar-refractivity contribution >= 4 is 9.84 Å². The summed E-state index contributed by atoms with van der Waals surface area (Å²) in [4.78, 5) is 0.316. The summed E-state index contributed by atoms with van der Waals surface area (Å²) in [6.45, 7) is 0.677. The highest BCUT2D eigenvalue weighted by atomic mass is 32.2. The van der Waals surface area contributed by atoms with Gasteiger partial charge < -0.3 is 10.4 Å². The van der Waals surface area contributed by atoms with E-state index in [1.54, 1.807) is 30.3 Å². The topological polar surface area (TPSA) is 66.4 Å². The van der Waals surface area contributed by atoms with Gasteiger partial charge in [0.1, 0.15) is 0 Å². The molecule has 0 amide bonds. The van der Waals surface area contributed by atoms with Crippen LogP contribution >= 0.6 is 0 Å². The highest BCUT2D eigenvalue weighted by Gasteiger charge is 2.30. The van der Waals surface area contributed by atoms with Crippen LogP contribution in [0.1, 0.15) is 6.42 Å². The van der Waals surface area contributed by atoms with E-state index in [1.807, 2.05) is 0 Å². The summed E-state index contributed by atoms with van der Waals surface area (Å²) in [5, 5.41) is 12.6. The van der Waals surface area contributed by atoms with Gasteiger partial charge in [-0.2, -0.15) is 0 Å². The molecule has 4 nitrogen and oxygen atoms in total. The van der Waals surface area contributed by atoms with Crippen molar-refractivity contribution in [3.8, 4) is 0 Å². The third-order valence-corrected chi connectivity index (χ3v) is 4.60. The van der Waals surface area contributed by atoms with Crippen molar-refractivity contribution in [2.24, 2.45) is 0 Å². The van der Waals surface area contributed by atoms with E-state index >= 15 is 0 Å². The van der Waals surface area contributed by atoms with Crippen LogP contribution in [0.5, 0.6) is 0 Å². The van der Waals surface area contributed by atoms with Gasteiger partial charge >= 0.3 is 0 Å². The molecule has 1 aliphatic heterocycles. The highest BCUT2D eigenvalue weighted by molar-refractivity contribution is 7.91. The lowest BCUT2D eigenvalue weighted by Gasteiger charge is -2.14. The van der Waals surface area contributed by atoms with Crippen LogP contribution in [0, 0.1) is 0 Å². The number of benzene rings is 1. The van der Waals surface area contributed by atoms with Gasteiger partial charge in [0.05, 0.1) is 16.8 Å². The van der Waals surface area contributed by atoms with Crippen molar-refractivity contribution in [2.45, 2.75) is 23.5 Å². The second-order valence-electron chi connectivity index (χ2n) is 4.01. The van der Waals surface area contributed by atoms with E-state index in [-0.39, 0.29) is 11.8 Å². The molecule has 2 rings (SSSR count). The smallest absolute Gasteiger partial charge is 0.180 e. The summed E-state index contributed by atoms with van der Waals surface area (Å²) in [6.07, 6.45) is 0.0631. The average molecular weight is 241 g/mol. The van der Waals surface area contributed by atoms with Crippen molar-refractivity contribution in [3.05, 3.63) is 30.3 Å². The van der Waals surface area contributed by atoms with Crippen LogP contribution in [0.25, 0.3) is 0 Å². The number of aliphatic hydroxyl groups excluding tert-OH is 1. The molecule has 0 bridgehead atoms. The van der Waals surface area contributed by atoms with E-state index in [9.17, 15) is 13.5 Å². The molecule has 1 aromatic carbocycles. The largest absolute Gasteiger partial charge is 0.391 e. The Balaban J connectivity index is 2.15. The summed E-state index contributed by atoms with van der Waals surface area (Å²) < 4.78 is 24.0. The Labute approximate surface area is 95.2 Å². The van der Waals surface area contributed by atoms with Crippen LogP contribution < -0.4 is 5.32 Å². The van der Waals surface area contributed by atoms with E-state index < -0.39 is 15.9 Å². The summed E-state index contributed by atoms with van der Waals surface area (Å²) >= 11 is 0. The highest BCUT2D eigenvalue weighted by Crippen LogP contribution is 2.15. The zero-order valence-corrected chi connectivity index (χ0v) is 9.65. The van der Waals surface area contributed by atoms with Gasteiger partial charge in [-0.15, -0.1) is 0 Å². The lowest BCUT2D eigenvalue weighted by Crippen LogP contribution is -2.37. The lowest BCUT2D eigenvalue weighted by atomic mass is 10.2. The van der Waals surface area contributed by atoms with Gasteiger partial charge in [0, 0.05) is 6.04 Å². The lowest BCUT2D eigenvalue weighted by molar-refractivity contribution is 0.167. The second-order valence-corrected chi connectivity index (χ2v) is 6.05. The zero-order valence-electron chi connectivity index (χ0n) is 8.83.